The third-order valence-corrected chi connectivity index (χ3v) is 0.708. The van der Waals surface area contributed by atoms with Gasteiger partial charge in [0, 0.05) is 0 Å². The Morgan fingerprint density at radius 3 is 1.43 bits per heavy atom. The van der Waals surface area contributed by atoms with Crippen molar-refractivity contribution in [1.29, 1.82) is 0 Å². The predicted octanol–water partition coefficient (Wildman–Crippen LogP) is 0.549. The molecular weight excluding hydrogens is 127 g/mol. The van der Waals surface area contributed by atoms with E-state index >= 15 is 0 Å². The Kier molecular flexibility index (Phi) is 1.96. The molecule has 7 heavy (non-hydrogen) atoms. The van der Waals surface area contributed by atoms with E-state index in [0.29, 0.717) is 0 Å². The molecule has 0 spiro atoms. The van der Waals surface area contributed by atoms with Gasteiger partial charge in [0.15, 0.2) is 0 Å². The molecule has 0 fully saturated rings. The molecule has 0 saturated heterocycles. The summed E-state index contributed by atoms with van der Waals surface area (Å²) in [5.74, 6) is 0. The molecule has 0 aromatic rings. The average molecular weight is 128 g/mol. The van der Waals surface area contributed by atoms with Crippen LogP contribution in [0.5, 0.6) is 0 Å². The van der Waals surface area contributed by atoms with E-state index in [-0.39, 0.29) is 15.9 Å². The SMILES string of the molecule is F[C](=[AlH])C(F)(F)F. The van der Waals surface area contributed by atoms with Gasteiger partial charge in [-0.1, -0.05) is 0 Å². The molecule has 0 aliphatic carbocycles. The summed E-state index contributed by atoms with van der Waals surface area (Å²) in [6, 6.07) is 0. The zero-order valence-electron chi connectivity index (χ0n) is 3.22. The van der Waals surface area contributed by atoms with Crippen molar-refractivity contribution in [1.82, 2.24) is 0 Å². The van der Waals surface area contributed by atoms with Crippen LogP contribution in [0.4, 0.5) is 17.6 Å². The fourth-order valence-corrected chi connectivity index (χ4v) is 0. The summed E-state index contributed by atoms with van der Waals surface area (Å²) >= 11 is 0.191. The second-order valence-electron chi connectivity index (χ2n) is 0.903. The number of hydrogen-bond donors (Lipinski definition) is 0. The van der Waals surface area contributed by atoms with E-state index in [1.54, 1.807) is 0 Å². The summed E-state index contributed by atoms with van der Waals surface area (Å²) in [5, 5.41) is 0. The normalized spacial score (nSPS) is 11.3. The quantitative estimate of drug-likeness (QED) is 0.330. The maximum absolute atomic E-state index is 11.0. The van der Waals surface area contributed by atoms with Gasteiger partial charge in [-0.2, -0.15) is 0 Å². The van der Waals surface area contributed by atoms with E-state index in [0.717, 1.165) is 0 Å². The van der Waals surface area contributed by atoms with Crippen LogP contribution in [0.15, 0.2) is 0 Å². The van der Waals surface area contributed by atoms with Crippen molar-refractivity contribution in [3.8, 4) is 0 Å². The molecular formula is C2HAlF4. The van der Waals surface area contributed by atoms with Gasteiger partial charge in [-0.15, -0.1) is 0 Å². The minimum atomic E-state index is -4.74. The van der Waals surface area contributed by atoms with Crippen LogP contribution in [0.3, 0.4) is 0 Å². The fraction of sp³-hybridized carbons (Fsp3) is 0.500. The number of hydrogen-bond acceptors (Lipinski definition) is 0. The summed E-state index contributed by atoms with van der Waals surface area (Å²) in [4.78, 5) is 0. The monoisotopic (exact) mass is 128 g/mol. The molecule has 0 heterocycles. The van der Waals surface area contributed by atoms with Gasteiger partial charge in [0.2, 0.25) is 0 Å². The third kappa shape index (κ3) is 2.78. The van der Waals surface area contributed by atoms with E-state index in [9.17, 15) is 17.6 Å². The molecule has 0 amide bonds. The predicted molar refractivity (Wildman–Crippen MR) is 19.3 cm³/mol. The van der Waals surface area contributed by atoms with Crippen LogP contribution in [0.1, 0.15) is 0 Å². The Morgan fingerprint density at radius 2 is 1.43 bits per heavy atom. The van der Waals surface area contributed by atoms with Crippen LogP contribution >= 0.6 is 0 Å². The zero-order valence-corrected chi connectivity index (χ0v) is 4.63. The van der Waals surface area contributed by atoms with Crippen molar-refractivity contribution in [2.45, 2.75) is 6.18 Å². The molecule has 40 valence electrons. The summed E-state index contributed by atoms with van der Waals surface area (Å²) in [7, 11) is 0. The van der Waals surface area contributed by atoms with Crippen LogP contribution in [-0.2, 0) is 0 Å². The van der Waals surface area contributed by atoms with Gasteiger partial charge in [-0.3, -0.25) is 0 Å². The van der Waals surface area contributed by atoms with Gasteiger partial charge in [0.05, 0.1) is 0 Å². The summed E-state index contributed by atoms with van der Waals surface area (Å²) in [6.07, 6.45) is -4.74. The first-order chi connectivity index (χ1) is 2.94. The van der Waals surface area contributed by atoms with Gasteiger partial charge >= 0.3 is 44.2 Å². The number of halogens is 4. The molecule has 0 aliphatic rings. The average Bonchev–Trinajstić information content (AvgIpc) is 1.31. The maximum atomic E-state index is 11.0. The van der Waals surface area contributed by atoms with E-state index in [1.807, 2.05) is 0 Å². The Bertz CT molecular complexity index is 82.2. The molecule has 0 nitrogen and oxygen atoms in total. The third-order valence-electron chi connectivity index (χ3n) is 0.308. The van der Waals surface area contributed by atoms with Gasteiger partial charge in [-0.05, 0) is 0 Å². The molecule has 0 unspecified atom stereocenters. The molecule has 0 N–H and O–H groups in total. The van der Waals surface area contributed by atoms with Crippen LogP contribution in [0.25, 0.3) is 0 Å². The van der Waals surface area contributed by atoms with Crippen molar-refractivity contribution in [2.75, 3.05) is 0 Å². The van der Waals surface area contributed by atoms with E-state index in [1.165, 1.54) is 0 Å². The molecule has 0 radical (unpaired) electrons. The summed E-state index contributed by atoms with van der Waals surface area (Å²) < 4.78 is 41.4. The molecule has 0 bridgehead atoms. The molecule has 0 aliphatic heterocycles. The molecule has 0 aromatic carbocycles. The van der Waals surface area contributed by atoms with E-state index in [4.69, 9.17) is 0 Å². The van der Waals surface area contributed by atoms with Crippen LogP contribution in [0, 0.1) is 0 Å². The van der Waals surface area contributed by atoms with E-state index < -0.39 is 10.8 Å². The van der Waals surface area contributed by atoms with Crippen molar-refractivity contribution in [2.24, 2.45) is 0 Å². The van der Waals surface area contributed by atoms with Gasteiger partial charge in [-0.25, -0.2) is 0 Å². The van der Waals surface area contributed by atoms with Crippen LogP contribution in [0.2, 0.25) is 0 Å². The second-order valence-corrected chi connectivity index (χ2v) is 1.52. The van der Waals surface area contributed by atoms with E-state index in [2.05, 4.69) is 0 Å². The Hall–Kier alpha value is 0.122. The van der Waals surface area contributed by atoms with Crippen LogP contribution < -0.4 is 0 Å². The molecule has 0 atom stereocenters. The Labute approximate surface area is 45.1 Å². The Morgan fingerprint density at radius 1 is 1.29 bits per heavy atom. The molecule has 0 rings (SSSR count). The standard InChI is InChI=1S/C2F4.Al.H/c3-1-2(4,5)6;;. The first-order valence-electron chi connectivity index (χ1n) is 1.36. The van der Waals surface area contributed by atoms with Gasteiger partial charge in [0.25, 0.3) is 0 Å². The van der Waals surface area contributed by atoms with Gasteiger partial charge in [0.1, 0.15) is 0 Å². The summed E-state index contributed by atoms with van der Waals surface area (Å²) in [6.45, 7) is 0. The van der Waals surface area contributed by atoms with Crippen molar-refractivity contribution in [3.05, 3.63) is 0 Å². The number of rotatable bonds is 0. The minimum absolute atomic E-state index is 0.191. The second kappa shape index (κ2) is 1.93. The molecule has 0 aromatic heterocycles. The van der Waals surface area contributed by atoms with Crippen molar-refractivity contribution < 1.29 is 17.6 Å². The fourth-order valence-electron chi connectivity index (χ4n) is 0. The topological polar surface area (TPSA) is 0 Å². The number of alkyl halides is 3. The molecule has 5 heteroatoms. The van der Waals surface area contributed by atoms with Crippen LogP contribution in [-0.4, -0.2) is 26.7 Å². The zero-order chi connectivity index (χ0) is 6.08. The van der Waals surface area contributed by atoms with Crippen molar-refractivity contribution in [3.63, 3.8) is 0 Å². The molecule has 0 saturated carbocycles. The first kappa shape index (κ1) is 7.12. The Balaban J connectivity index is 3.79. The summed E-state index contributed by atoms with van der Waals surface area (Å²) in [5.41, 5.74) is 0. The van der Waals surface area contributed by atoms with Gasteiger partial charge < -0.3 is 0 Å². The van der Waals surface area contributed by atoms with Crippen molar-refractivity contribution >= 4 is 20.5 Å². The first-order valence-corrected chi connectivity index (χ1v) is 2.07.